The van der Waals surface area contributed by atoms with Gasteiger partial charge in [0.2, 0.25) is 0 Å². The summed E-state index contributed by atoms with van der Waals surface area (Å²) in [6.45, 7) is 0. The third-order valence-corrected chi connectivity index (χ3v) is 5.82. The molecule has 3 heterocycles. The van der Waals surface area contributed by atoms with E-state index in [1.165, 1.54) is 17.7 Å². The fourth-order valence-electron chi connectivity index (χ4n) is 3.34. The van der Waals surface area contributed by atoms with Gasteiger partial charge in [0, 0.05) is 10.9 Å². The van der Waals surface area contributed by atoms with Crippen LogP contribution < -0.4 is 10.5 Å². The summed E-state index contributed by atoms with van der Waals surface area (Å²) in [5.74, 6) is 1.30. The largest absolute Gasteiger partial charge is 0.497 e. The number of hydrogen-bond donors (Lipinski definition) is 1. The number of pyridine rings is 1. The lowest BCUT2D eigenvalue weighted by Gasteiger charge is -2.09. The van der Waals surface area contributed by atoms with Crippen LogP contribution in [0.2, 0.25) is 0 Å². The molecule has 2 N–H and O–H groups in total. The van der Waals surface area contributed by atoms with Crippen LogP contribution in [0.15, 0.2) is 67.0 Å². The lowest BCUT2D eigenvalue weighted by atomic mass is 10.00. The average molecular weight is 384 g/mol. The monoisotopic (exact) mass is 384 g/mol. The van der Waals surface area contributed by atoms with E-state index in [9.17, 15) is 0 Å². The normalized spacial score (nSPS) is 11.2. The average Bonchev–Trinajstić information content (AvgIpc) is 3.14. The predicted molar refractivity (Wildman–Crippen MR) is 115 cm³/mol. The second-order valence-corrected chi connectivity index (χ2v) is 7.37. The number of rotatable bonds is 3. The van der Waals surface area contributed by atoms with Crippen LogP contribution in [-0.4, -0.2) is 22.1 Å². The maximum Gasteiger partial charge on any atom is 0.144 e. The van der Waals surface area contributed by atoms with Gasteiger partial charge in [-0.05, 0) is 41.5 Å². The van der Waals surface area contributed by atoms with E-state index in [4.69, 9.17) is 15.5 Å². The van der Waals surface area contributed by atoms with Crippen molar-refractivity contribution in [2.45, 2.75) is 0 Å². The van der Waals surface area contributed by atoms with E-state index in [1.807, 2.05) is 42.5 Å². The van der Waals surface area contributed by atoms with Crippen molar-refractivity contribution in [3.63, 3.8) is 0 Å². The molecule has 5 nitrogen and oxygen atoms in total. The van der Waals surface area contributed by atoms with Crippen molar-refractivity contribution >= 4 is 37.6 Å². The van der Waals surface area contributed by atoms with Gasteiger partial charge in [-0.15, -0.1) is 11.3 Å². The molecule has 6 heteroatoms. The number of fused-ring (bicyclic) bond motifs is 3. The second kappa shape index (κ2) is 6.58. The Kier molecular flexibility index (Phi) is 3.91. The Morgan fingerprint density at radius 1 is 0.929 bits per heavy atom. The van der Waals surface area contributed by atoms with E-state index in [-0.39, 0.29) is 0 Å². The van der Waals surface area contributed by atoms with Crippen LogP contribution in [0.25, 0.3) is 42.8 Å². The molecule has 5 rings (SSSR count). The van der Waals surface area contributed by atoms with Crippen LogP contribution in [0.1, 0.15) is 0 Å². The van der Waals surface area contributed by atoms with Crippen molar-refractivity contribution in [2.24, 2.45) is 0 Å². The predicted octanol–water partition coefficient (Wildman–Crippen LogP) is 5.16. The molecule has 2 aromatic carbocycles. The van der Waals surface area contributed by atoms with Gasteiger partial charge in [0.05, 0.1) is 23.0 Å². The highest BCUT2D eigenvalue weighted by molar-refractivity contribution is 7.26. The Bertz CT molecular complexity index is 1300. The molecule has 0 fully saturated rings. The Labute approximate surface area is 165 Å². The van der Waals surface area contributed by atoms with E-state index in [0.29, 0.717) is 5.82 Å². The quantitative estimate of drug-likeness (QED) is 0.465. The van der Waals surface area contributed by atoms with Crippen LogP contribution in [-0.2, 0) is 0 Å². The Morgan fingerprint density at radius 2 is 1.71 bits per heavy atom. The van der Waals surface area contributed by atoms with Gasteiger partial charge in [-0.2, -0.15) is 0 Å². The van der Waals surface area contributed by atoms with Gasteiger partial charge >= 0.3 is 0 Å². The molecule has 0 amide bonds. The fourth-order valence-corrected chi connectivity index (χ4v) is 4.40. The maximum atomic E-state index is 6.11. The van der Waals surface area contributed by atoms with Crippen molar-refractivity contribution in [1.82, 2.24) is 15.0 Å². The van der Waals surface area contributed by atoms with Crippen LogP contribution in [0.5, 0.6) is 5.75 Å². The molecule has 0 aliphatic rings. The minimum Gasteiger partial charge on any atom is -0.497 e. The van der Waals surface area contributed by atoms with Gasteiger partial charge < -0.3 is 10.5 Å². The highest BCUT2D eigenvalue weighted by Crippen LogP contribution is 2.41. The standard InChI is InChI=1S/C22H16N4OS/c1-27-15-9-7-14(8-10-15)17-11-16(13-5-3-2-4-6-13)18-19-20(28-22(18)26-17)21(23)25-12-24-19/h2-12H,1H3,(H2,23,24,25). The molecular formula is C22H16N4OS. The van der Waals surface area contributed by atoms with Gasteiger partial charge in [0.25, 0.3) is 0 Å². The Morgan fingerprint density at radius 3 is 2.46 bits per heavy atom. The fraction of sp³-hybridized carbons (Fsp3) is 0.0455. The maximum absolute atomic E-state index is 6.11. The minimum absolute atomic E-state index is 0.484. The first-order valence-corrected chi connectivity index (χ1v) is 9.60. The van der Waals surface area contributed by atoms with E-state index in [0.717, 1.165) is 48.6 Å². The summed E-state index contributed by atoms with van der Waals surface area (Å²) in [5, 5.41) is 1.01. The molecule has 0 radical (unpaired) electrons. The molecule has 0 saturated heterocycles. The number of anilines is 1. The highest BCUT2D eigenvalue weighted by atomic mass is 32.1. The zero-order valence-corrected chi connectivity index (χ0v) is 15.9. The van der Waals surface area contributed by atoms with Gasteiger partial charge in [0.1, 0.15) is 22.7 Å². The summed E-state index contributed by atoms with van der Waals surface area (Å²) in [6, 6.07) is 20.3. The van der Waals surface area contributed by atoms with Gasteiger partial charge in [-0.25, -0.2) is 15.0 Å². The van der Waals surface area contributed by atoms with E-state index >= 15 is 0 Å². The number of hydrogen-bond acceptors (Lipinski definition) is 6. The number of ether oxygens (including phenoxy) is 1. The number of nitrogens with zero attached hydrogens (tertiary/aromatic N) is 3. The summed E-state index contributed by atoms with van der Waals surface area (Å²) in [7, 11) is 1.66. The minimum atomic E-state index is 0.484. The number of nitrogens with two attached hydrogens (primary N) is 1. The number of benzene rings is 2. The molecule has 0 unspecified atom stereocenters. The molecule has 136 valence electrons. The first-order valence-electron chi connectivity index (χ1n) is 8.78. The van der Waals surface area contributed by atoms with Crippen molar-refractivity contribution in [1.29, 1.82) is 0 Å². The molecule has 0 atom stereocenters. The number of aromatic nitrogens is 3. The summed E-state index contributed by atoms with van der Waals surface area (Å²) >= 11 is 1.53. The third kappa shape index (κ3) is 2.66. The van der Waals surface area contributed by atoms with E-state index < -0.39 is 0 Å². The summed E-state index contributed by atoms with van der Waals surface area (Å²) in [4.78, 5) is 14.5. The number of methoxy groups -OCH3 is 1. The van der Waals surface area contributed by atoms with Crippen LogP contribution in [0.3, 0.4) is 0 Å². The molecule has 0 aliphatic heterocycles. The molecule has 28 heavy (non-hydrogen) atoms. The Balaban J connectivity index is 1.84. The summed E-state index contributed by atoms with van der Waals surface area (Å²) in [5.41, 5.74) is 11.1. The lowest BCUT2D eigenvalue weighted by molar-refractivity contribution is 0.415. The van der Waals surface area contributed by atoms with Gasteiger partial charge in [-0.1, -0.05) is 30.3 Å². The zero-order valence-electron chi connectivity index (χ0n) is 15.1. The molecular weight excluding hydrogens is 368 g/mol. The van der Waals surface area contributed by atoms with Crippen LogP contribution >= 0.6 is 11.3 Å². The number of thiophene rings is 1. The van der Waals surface area contributed by atoms with Crippen molar-refractivity contribution in [3.05, 3.63) is 67.0 Å². The zero-order chi connectivity index (χ0) is 19.1. The first-order chi connectivity index (χ1) is 13.7. The summed E-state index contributed by atoms with van der Waals surface area (Å²) in [6.07, 6.45) is 1.51. The second-order valence-electron chi connectivity index (χ2n) is 6.37. The summed E-state index contributed by atoms with van der Waals surface area (Å²) < 4.78 is 6.14. The molecule has 0 aliphatic carbocycles. The lowest BCUT2D eigenvalue weighted by Crippen LogP contribution is -1.91. The third-order valence-electron chi connectivity index (χ3n) is 4.72. The van der Waals surface area contributed by atoms with E-state index in [1.54, 1.807) is 7.11 Å². The van der Waals surface area contributed by atoms with Gasteiger partial charge in [-0.3, -0.25) is 0 Å². The van der Waals surface area contributed by atoms with Crippen molar-refractivity contribution in [2.75, 3.05) is 12.8 Å². The van der Waals surface area contributed by atoms with Crippen LogP contribution in [0.4, 0.5) is 5.82 Å². The SMILES string of the molecule is COc1ccc(-c2cc(-c3ccccc3)c3c(n2)sc2c(N)ncnc23)cc1. The molecule has 0 spiro atoms. The Hall–Kier alpha value is -3.51. The van der Waals surface area contributed by atoms with Gasteiger partial charge in [0.15, 0.2) is 0 Å². The smallest absolute Gasteiger partial charge is 0.144 e. The molecule has 3 aromatic heterocycles. The highest BCUT2D eigenvalue weighted by Gasteiger charge is 2.17. The number of nitrogen functional groups attached to an aromatic ring is 1. The van der Waals surface area contributed by atoms with E-state index in [2.05, 4.69) is 28.2 Å². The topological polar surface area (TPSA) is 73.9 Å². The molecule has 0 bridgehead atoms. The first kappa shape index (κ1) is 16.6. The van der Waals surface area contributed by atoms with Crippen LogP contribution in [0, 0.1) is 0 Å². The molecule has 0 saturated carbocycles. The van der Waals surface area contributed by atoms with Crippen molar-refractivity contribution in [3.8, 4) is 28.1 Å². The van der Waals surface area contributed by atoms with Crippen molar-refractivity contribution < 1.29 is 4.74 Å². The molecule has 5 aromatic rings.